The van der Waals surface area contributed by atoms with Crippen molar-refractivity contribution in [2.45, 2.75) is 37.9 Å². The summed E-state index contributed by atoms with van der Waals surface area (Å²) >= 11 is 1.69. The second-order valence-electron chi connectivity index (χ2n) is 4.46. The lowest BCUT2D eigenvalue weighted by Gasteiger charge is -2.20. The molecule has 0 aliphatic heterocycles. The molecule has 0 saturated carbocycles. The molecule has 0 unspecified atom stereocenters. The normalized spacial score (nSPS) is 12.0. The van der Waals surface area contributed by atoms with Crippen LogP contribution < -0.4 is 5.32 Å². The van der Waals surface area contributed by atoms with Crippen LogP contribution in [0.15, 0.2) is 5.16 Å². The fourth-order valence-corrected chi connectivity index (χ4v) is 1.83. The number of aromatic nitrogens is 4. The Balaban J connectivity index is 2.10. The highest BCUT2D eigenvalue weighted by Crippen LogP contribution is 2.13. The first-order chi connectivity index (χ1) is 6.99. The Morgan fingerprint density at radius 3 is 2.67 bits per heavy atom. The molecule has 6 heteroatoms. The largest absolute Gasteiger partial charge is 0.312 e. The quantitative estimate of drug-likeness (QED) is 0.605. The van der Waals surface area contributed by atoms with E-state index in [0.29, 0.717) is 0 Å². The van der Waals surface area contributed by atoms with Crippen molar-refractivity contribution < 1.29 is 0 Å². The topological polar surface area (TPSA) is 55.6 Å². The third-order valence-electron chi connectivity index (χ3n) is 1.79. The third kappa shape index (κ3) is 5.13. The molecule has 1 aromatic heterocycles. The number of nitrogens with zero attached hydrogens (tertiary/aromatic N) is 4. The lowest BCUT2D eigenvalue weighted by molar-refractivity contribution is 0.427. The zero-order valence-corrected chi connectivity index (χ0v) is 10.6. The van der Waals surface area contributed by atoms with Gasteiger partial charge in [-0.25, -0.2) is 4.68 Å². The molecule has 0 saturated heterocycles. The van der Waals surface area contributed by atoms with E-state index in [0.717, 1.165) is 23.9 Å². The second-order valence-corrected chi connectivity index (χ2v) is 5.53. The van der Waals surface area contributed by atoms with Gasteiger partial charge < -0.3 is 5.32 Å². The van der Waals surface area contributed by atoms with Gasteiger partial charge in [0.15, 0.2) is 0 Å². The molecule has 0 aliphatic carbocycles. The number of hydrogen-bond acceptors (Lipinski definition) is 5. The number of hydrogen-bond donors (Lipinski definition) is 1. The number of aryl methyl sites for hydroxylation is 1. The highest BCUT2D eigenvalue weighted by molar-refractivity contribution is 7.99. The fourth-order valence-electron chi connectivity index (χ4n) is 1.04. The van der Waals surface area contributed by atoms with E-state index in [2.05, 4.69) is 41.6 Å². The molecule has 1 heterocycles. The van der Waals surface area contributed by atoms with Crippen LogP contribution in [0, 0.1) is 0 Å². The molecular weight excluding hydrogens is 210 g/mol. The van der Waals surface area contributed by atoms with Gasteiger partial charge in [0.1, 0.15) is 0 Å². The molecule has 5 nitrogen and oxygen atoms in total. The SMILES string of the molecule is Cn1nnnc1SCCCNC(C)(C)C. The van der Waals surface area contributed by atoms with Crippen LogP contribution in [-0.4, -0.2) is 38.0 Å². The number of thioether (sulfide) groups is 1. The van der Waals surface area contributed by atoms with Gasteiger partial charge in [0.25, 0.3) is 0 Å². The summed E-state index contributed by atoms with van der Waals surface area (Å²) in [5, 5.41) is 15.6. The molecule has 1 N–H and O–H groups in total. The molecule has 1 aromatic rings. The van der Waals surface area contributed by atoms with E-state index >= 15 is 0 Å². The summed E-state index contributed by atoms with van der Waals surface area (Å²) in [4.78, 5) is 0. The zero-order chi connectivity index (χ0) is 11.3. The molecule has 0 spiro atoms. The lowest BCUT2D eigenvalue weighted by Crippen LogP contribution is -2.36. The van der Waals surface area contributed by atoms with Crippen LogP contribution >= 0.6 is 11.8 Å². The van der Waals surface area contributed by atoms with Crippen LogP contribution in [0.3, 0.4) is 0 Å². The first-order valence-corrected chi connectivity index (χ1v) is 6.08. The van der Waals surface area contributed by atoms with E-state index in [4.69, 9.17) is 0 Å². The maximum Gasteiger partial charge on any atom is 0.209 e. The van der Waals surface area contributed by atoms with Gasteiger partial charge in [-0.3, -0.25) is 0 Å². The van der Waals surface area contributed by atoms with Crippen molar-refractivity contribution in [3.8, 4) is 0 Å². The van der Waals surface area contributed by atoms with Crippen LogP contribution in [0.1, 0.15) is 27.2 Å². The number of nitrogens with one attached hydrogen (secondary N) is 1. The van der Waals surface area contributed by atoms with Gasteiger partial charge in [0, 0.05) is 18.3 Å². The van der Waals surface area contributed by atoms with Crippen LogP contribution in [-0.2, 0) is 7.05 Å². The van der Waals surface area contributed by atoms with E-state index < -0.39 is 0 Å². The van der Waals surface area contributed by atoms with Gasteiger partial charge in [-0.2, -0.15) is 0 Å². The van der Waals surface area contributed by atoms with Gasteiger partial charge in [-0.1, -0.05) is 11.8 Å². The fraction of sp³-hybridized carbons (Fsp3) is 0.889. The summed E-state index contributed by atoms with van der Waals surface area (Å²) in [6, 6.07) is 0. The van der Waals surface area contributed by atoms with E-state index in [1.165, 1.54) is 0 Å². The van der Waals surface area contributed by atoms with Gasteiger partial charge >= 0.3 is 0 Å². The highest BCUT2D eigenvalue weighted by Gasteiger charge is 2.07. The molecular formula is C9H19N5S. The lowest BCUT2D eigenvalue weighted by atomic mass is 10.1. The van der Waals surface area contributed by atoms with Crippen molar-refractivity contribution in [1.29, 1.82) is 0 Å². The Labute approximate surface area is 95.0 Å². The zero-order valence-electron chi connectivity index (χ0n) is 9.82. The summed E-state index contributed by atoms with van der Waals surface area (Å²) in [6.07, 6.45) is 1.12. The smallest absolute Gasteiger partial charge is 0.209 e. The average Bonchev–Trinajstić information content (AvgIpc) is 2.49. The number of tetrazole rings is 1. The van der Waals surface area contributed by atoms with E-state index in [9.17, 15) is 0 Å². The first kappa shape index (κ1) is 12.4. The molecule has 0 aliphatic rings. The van der Waals surface area contributed by atoms with Crippen LogP contribution in [0.5, 0.6) is 0 Å². The first-order valence-electron chi connectivity index (χ1n) is 5.09. The van der Waals surface area contributed by atoms with Crippen molar-refractivity contribution in [2.24, 2.45) is 7.05 Å². The minimum absolute atomic E-state index is 0.205. The molecule has 15 heavy (non-hydrogen) atoms. The summed E-state index contributed by atoms with van der Waals surface area (Å²) in [6.45, 7) is 7.55. The van der Waals surface area contributed by atoms with Gasteiger partial charge in [-0.05, 0) is 44.2 Å². The molecule has 1 rings (SSSR count). The standard InChI is InChI=1S/C9H19N5S/c1-9(2,3)10-6-5-7-15-8-11-12-13-14(8)4/h10H,5-7H2,1-4H3. The summed E-state index contributed by atoms with van der Waals surface area (Å²) < 4.78 is 1.70. The Morgan fingerprint density at radius 1 is 1.40 bits per heavy atom. The van der Waals surface area contributed by atoms with Crippen molar-refractivity contribution >= 4 is 11.8 Å². The third-order valence-corrected chi connectivity index (χ3v) is 2.89. The Kier molecular flexibility index (Phi) is 4.53. The minimum Gasteiger partial charge on any atom is -0.312 e. The Hall–Kier alpha value is -0.620. The van der Waals surface area contributed by atoms with Crippen LogP contribution in [0.25, 0.3) is 0 Å². The van der Waals surface area contributed by atoms with E-state index in [1.807, 2.05) is 7.05 Å². The predicted molar refractivity (Wildman–Crippen MR) is 61.9 cm³/mol. The summed E-state index contributed by atoms with van der Waals surface area (Å²) in [5.74, 6) is 1.04. The van der Waals surface area contributed by atoms with Crippen LogP contribution in [0.4, 0.5) is 0 Å². The molecule has 0 amide bonds. The van der Waals surface area contributed by atoms with Crippen molar-refractivity contribution in [3.05, 3.63) is 0 Å². The van der Waals surface area contributed by atoms with Crippen molar-refractivity contribution in [2.75, 3.05) is 12.3 Å². The molecule has 0 aromatic carbocycles. The van der Waals surface area contributed by atoms with Gasteiger partial charge in [0.2, 0.25) is 5.16 Å². The monoisotopic (exact) mass is 229 g/mol. The van der Waals surface area contributed by atoms with Gasteiger partial charge in [0.05, 0.1) is 0 Å². The van der Waals surface area contributed by atoms with E-state index in [1.54, 1.807) is 16.4 Å². The summed E-state index contributed by atoms with van der Waals surface area (Å²) in [7, 11) is 1.86. The maximum atomic E-state index is 3.91. The molecule has 0 fully saturated rings. The highest BCUT2D eigenvalue weighted by atomic mass is 32.2. The predicted octanol–water partition coefficient (Wildman–Crippen LogP) is 1.08. The van der Waals surface area contributed by atoms with Gasteiger partial charge in [-0.15, -0.1) is 5.10 Å². The second kappa shape index (κ2) is 5.46. The van der Waals surface area contributed by atoms with Crippen molar-refractivity contribution in [3.63, 3.8) is 0 Å². The van der Waals surface area contributed by atoms with E-state index in [-0.39, 0.29) is 5.54 Å². The average molecular weight is 229 g/mol. The van der Waals surface area contributed by atoms with Crippen LogP contribution in [0.2, 0.25) is 0 Å². The maximum absolute atomic E-state index is 3.91. The number of rotatable bonds is 5. The Bertz CT molecular complexity index is 291. The minimum atomic E-state index is 0.205. The molecule has 86 valence electrons. The Morgan fingerprint density at radius 2 is 2.13 bits per heavy atom. The van der Waals surface area contributed by atoms with Crippen molar-refractivity contribution in [1.82, 2.24) is 25.5 Å². The molecule has 0 bridgehead atoms. The summed E-state index contributed by atoms with van der Waals surface area (Å²) in [5.41, 5.74) is 0.205. The molecule has 0 radical (unpaired) electrons. The molecule has 0 atom stereocenters.